The number of rotatable bonds is 5. The second-order valence-corrected chi connectivity index (χ2v) is 4.89. The van der Waals surface area contributed by atoms with Crippen molar-refractivity contribution in [3.63, 3.8) is 0 Å². The molecular weight excluding hydrogens is 232 g/mol. The summed E-state index contributed by atoms with van der Waals surface area (Å²) >= 11 is 0. The summed E-state index contributed by atoms with van der Waals surface area (Å²) in [5.41, 5.74) is 11.0. The number of amides is 3. The molecule has 0 saturated carbocycles. The molecule has 5 N–H and O–H groups in total. The molecule has 1 heterocycles. The van der Waals surface area contributed by atoms with E-state index in [1.54, 1.807) is 4.90 Å². The highest BCUT2D eigenvalue weighted by Gasteiger charge is 2.27. The van der Waals surface area contributed by atoms with Crippen molar-refractivity contribution in [2.75, 3.05) is 13.1 Å². The highest BCUT2D eigenvalue weighted by atomic mass is 16.2. The molecule has 0 aromatic rings. The van der Waals surface area contributed by atoms with E-state index in [4.69, 9.17) is 11.5 Å². The second kappa shape index (κ2) is 7.20. The lowest BCUT2D eigenvalue weighted by atomic mass is 10.0. The van der Waals surface area contributed by atoms with Crippen LogP contribution in [0, 0.1) is 0 Å². The molecule has 6 nitrogen and oxygen atoms in total. The first-order chi connectivity index (χ1) is 8.54. The molecule has 1 aliphatic rings. The largest absolute Gasteiger partial charge is 0.352 e. The number of hydrogen-bond acceptors (Lipinski definition) is 3. The summed E-state index contributed by atoms with van der Waals surface area (Å²) in [6, 6.07) is -1.11. The van der Waals surface area contributed by atoms with Gasteiger partial charge in [-0.2, -0.15) is 0 Å². The minimum absolute atomic E-state index is 0.0445. The van der Waals surface area contributed by atoms with Crippen LogP contribution in [-0.2, 0) is 4.79 Å². The maximum atomic E-state index is 12.3. The Labute approximate surface area is 108 Å². The summed E-state index contributed by atoms with van der Waals surface area (Å²) in [6.45, 7) is 3.33. The fourth-order valence-corrected chi connectivity index (χ4v) is 2.27. The van der Waals surface area contributed by atoms with Gasteiger partial charge in [-0.15, -0.1) is 0 Å². The van der Waals surface area contributed by atoms with Crippen molar-refractivity contribution >= 4 is 11.9 Å². The second-order valence-electron chi connectivity index (χ2n) is 4.89. The standard InChI is InChI=1S/C12H24N4O2/c1-2-3-6-10(15-12(14)18)11(17)16-7-4-5-9(13)8-16/h9-10H,2-8,13H2,1H3,(H3,14,15,18). The van der Waals surface area contributed by atoms with Crippen molar-refractivity contribution in [1.29, 1.82) is 0 Å². The van der Waals surface area contributed by atoms with Gasteiger partial charge in [-0.1, -0.05) is 19.8 Å². The molecule has 0 radical (unpaired) electrons. The third-order valence-electron chi connectivity index (χ3n) is 3.23. The maximum Gasteiger partial charge on any atom is 0.312 e. The fraction of sp³-hybridized carbons (Fsp3) is 0.833. The summed E-state index contributed by atoms with van der Waals surface area (Å²) in [4.78, 5) is 25.0. The third kappa shape index (κ3) is 4.52. The normalized spacial score (nSPS) is 21.4. The summed E-state index contributed by atoms with van der Waals surface area (Å²) in [5.74, 6) is -0.0580. The van der Waals surface area contributed by atoms with E-state index < -0.39 is 12.1 Å². The lowest BCUT2D eigenvalue weighted by Gasteiger charge is -2.33. The molecule has 104 valence electrons. The molecule has 1 aliphatic heterocycles. The monoisotopic (exact) mass is 256 g/mol. The zero-order valence-corrected chi connectivity index (χ0v) is 11.0. The van der Waals surface area contributed by atoms with Crippen LogP contribution in [0.15, 0.2) is 0 Å². The first-order valence-electron chi connectivity index (χ1n) is 6.65. The van der Waals surface area contributed by atoms with Gasteiger partial charge in [-0.3, -0.25) is 4.79 Å². The molecule has 0 spiro atoms. The van der Waals surface area contributed by atoms with Crippen LogP contribution in [0.1, 0.15) is 39.0 Å². The number of piperidine rings is 1. The van der Waals surface area contributed by atoms with E-state index in [1.165, 1.54) is 0 Å². The van der Waals surface area contributed by atoms with Gasteiger partial charge in [0.25, 0.3) is 0 Å². The molecule has 1 rings (SSSR count). The predicted molar refractivity (Wildman–Crippen MR) is 69.8 cm³/mol. The number of nitrogens with one attached hydrogen (secondary N) is 1. The molecule has 2 unspecified atom stereocenters. The minimum Gasteiger partial charge on any atom is -0.352 e. The highest BCUT2D eigenvalue weighted by Crippen LogP contribution is 2.12. The lowest BCUT2D eigenvalue weighted by Crippen LogP contribution is -2.54. The molecule has 1 saturated heterocycles. The Morgan fingerprint density at radius 3 is 2.78 bits per heavy atom. The highest BCUT2D eigenvalue weighted by molar-refractivity contribution is 5.86. The van der Waals surface area contributed by atoms with Gasteiger partial charge in [0.2, 0.25) is 5.91 Å². The van der Waals surface area contributed by atoms with E-state index in [0.29, 0.717) is 13.0 Å². The SMILES string of the molecule is CCCCC(NC(N)=O)C(=O)N1CCCC(N)C1. The summed E-state index contributed by atoms with van der Waals surface area (Å²) in [6.07, 6.45) is 4.36. The van der Waals surface area contributed by atoms with Crippen molar-refractivity contribution < 1.29 is 9.59 Å². The molecule has 3 amide bonds. The van der Waals surface area contributed by atoms with Gasteiger partial charge in [0.15, 0.2) is 0 Å². The first kappa shape index (κ1) is 14.8. The average Bonchev–Trinajstić information content (AvgIpc) is 2.33. The van der Waals surface area contributed by atoms with Gasteiger partial charge in [-0.25, -0.2) is 4.79 Å². The van der Waals surface area contributed by atoms with Crippen molar-refractivity contribution in [2.45, 2.75) is 51.1 Å². The van der Waals surface area contributed by atoms with Crippen LogP contribution in [0.2, 0.25) is 0 Å². The Bertz CT molecular complexity index is 296. The van der Waals surface area contributed by atoms with Crippen molar-refractivity contribution in [3.8, 4) is 0 Å². The summed E-state index contributed by atoms with van der Waals surface area (Å²) < 4.78 is 0. The van der Waals surface area contributed by atoms with E-state index in [2.05, 4.69) is 5.32 Å². The maximum absolute atomic E-state index is 12.3. The zero-order valence-electron chi connectivity index (χ0n) is 11.0. The zero-order chi connectivity index (χ0) is 13.5. The van der Waals surface area contributed by atoms with E-state index >= 15 is 0 Å². The summed E-state index contributed by atoms with van der Waals surface area (Å²) in [5, 5.41) is 2.53. The van der Waals surface area contributed by atoms with Crippen LogP contribution in [0.5, 0.6) is 0 Å². The number of urea groups is 1. The number of unbranched alkanes of at least 4 members (excludes halogenated alkanes) is 1. The third-order valence-corrected chi connectivity index (χ3v) is 3.23. The molecule has 0 aromatic carbocycles. The van der Waals surface area contributed by atoms with Gasteiger partial charge in [0, 0.05) is 19.1 Å². The summed E-state index contributed by atoms with van der Waals surface area (Å²) in [7, 11) is 0. The van der Waals surface area contributed by atoms with Crippen LogP contribution in [0.4, 0.5) is 4.79 Å². The molecule has 0 aromatic heterocycles. The van der Waals surface area contributed by atoms with E-state index in [-0.39, 0.29) is 11.9 Å². The van der Waals surface area contributed by atoms with Gasteiger partial charge in [0.05, 0.1) is 0 Å². The van der Waals surface area contributed by atoms with Crippen molar-refractivity contribution in [1.82, 2.24) is 10.2 Å². The Kier molecular flexibility index (Phi) is 5.91. The van der Waals surface area contributed by atoms with Crippen molar-refractivity contribution in [2.24, 2.45) is 11.5 Å². The lowest BCUT2D eigenvalue weighted by molar-refractivity contribution is -0.134. The van der Waals surface area contributed by atoms with Gasteiger partial charge in [-0.05, 0) is 19.3 Å². The van der Waals surface area contributed by atoms with E-state index in [0.717, 1.165) is 32.2 Å². The van der Waals surface area contributed by atoms with Gasteiger partial charge < -0.3 is 21.7 Å². The molecule has 1 fully saturated rings. The van der Waals surface area contributed by atoms with Crippen LogP contribution in [-0.4, -0.2) is 42.0 Å². The molecular formula is C12H24N4O2. The number of hydrogen-bond donors (Lipinski definition) is 3. The smallest absolute Gasteiger partial charge is 0.312 e. The van der Waals surface area contributed by atoms with Gasteiger partial charge in [0.1, 0.15) is 6.04 Å². The average molecular weight is 256 g/mol. The quantitative estimate of drug-likeness (QED) is 0.653. The van der Waals surface area contributed by atoms with Crippen LogP contribution in [0.25, 0.3) is 0 Å². The minimum atomic E-state index is -0.647. The number of nitrogens with zero attached hydrogens (tertiary/aromatic N) is 1. The van der Waals surface area contributed by atoms with Crippen LogP contribution >= 0.6 is 0 Å². The number of carbonyl (C=O) groups excluding carboxylic acids is 2. The fourth-order valence-electron chi connectivity index (χ4n) is 2.27. The molecule has 0 aliphatic carbocycles. The van der Waals surface area contributed by atoms with Gasteiger partial charge >= 0.3 is 6.03 Å². The van der Waals surface area contributed by atoms with E-state index in [1.807, 2.05) is 6.92 Å². The molecule has 6 heteroatoms. The van der Waals surface area contributed by atoms with E-state index in [9.17, 15) is 9.59 Å². The topological polar surface area (TPSA) is 101 Å². The molecule has 18 heavy (non-hydrogen) atoms. The molecule has 0 bridgehead atoms. The Balaban J connectivity index is 2.58. The van der Waals surface area contributed by atoms with Crippen LogP contribution < -0.4 is 16.8 Å². The van der Waals surface area contributed by atoms with Crippen molar-refractivity contribution in [3.05, 3.63) is 0 Å². The Morgan fingerprint density at radius 2 is 2.22 bits per heavy atom. The Hall–Kier alpha value is -1.30. The van der Waals surface area contributed by atoms with Crippen LogP contribution in [0.3, 0.4) is 0 Å². The molecule has 2 atom stereocenters. The first-order valence-corrected chi connectivity index (χ1v) is 6.65. The number of carbonyl (C=O) groups is 2. The number of nitrogens with two attached hydrogens (primary N) is 2. The predicted octanol–water partition coefficient (Wildman–Crippen LogP) is 0.163. The number of primary amides is 1. The number of likely N-dealkylation sites (tertiary alicyclic amines) is 1. The Morgan fingerprint density at radius 1 is 1.50 bits per heavy atom.